The highest BCUT2D eigenvalue weighted by atomic mass is 16.5. The largest absolute Gasteiger partial charge is 0.493 e. The van der Waals surface area contributed by atoms with Gasteiger partial charge in [-0.3, -0.25) is 4.79 Å². The number of nitrogens with two attached hydrogens (primary N) is 1. The SMILES string of the molecule is C/C=C(\CCOc1cccc(C(=O)N2CCC(c3cccc(CN)c3)CC2)c1)N1CCCC1. The number of carbonyl (C=O) groups excluding carboxylic acids is 1. The third-order valence-electron chi connectivity index (χ3n) is 6.99. The molecule has 5 heteroatoms. The quantitative estimate of drug-likeness (QED) is 0.623. The molecule has 2 saturated heterocycles. The van der Waals surface area contributed by atoms with E-state index in [1.165, 1.54) is 29.7 Å². The lowest BCUT2D eigenvalue weighted by atomic mass is 9.88. The van der Waals surface area contributed by atoms with Crippen molar-refractivity contribution in [3.8, 4) is 5.75 Å². The van der Waals surface area contributed by atoms with Crippen molar-refractivity contribution < 1.29 is 9.53 Å². The molecule has 0 atom stereocenters. The Balaban J connectivity index is 1.29. The second-order valence-electron chi connectivity index (χ2n) is 9.12. The summed E-state index contributed by atoms with van der Waals surface area (Å²) in [6.45, 7) is 7.16. The molecule has 0 unspecified atom stereocenters. The van der Waals surface area contributed by atoms with Crippen molar-refractivity contribution in [3.05, 3.63) is 77.0 Å². The molecule has 176 valence electrons. The van der Waals surface area contributed by atoms with Crippen LogP contribution in [0.5, 0.6) is 5.75 Å². The minimum absolute atomic E-state index is 0.0980. The van der Waals surface area contributed by atoms with Gasteiger partial charge in [0.1, 0.15) is 5.75 Å². The molecule has 0 aliphatic carbocycles. The third-order valence-corrected chi connectivity index (χ3v) is 6.99. The first kappa shape index (κ1) is 23.4. The Hall–Kier alpha value is -2.79. The summed E-state index contributed by atoms with van der Waals surface area (Å²) in [5, 5.41) is 0. The lowest BCUT2D eigenvalue weighted by Gasteiger charge is -2.32. The van der Waals surface area contributed by atoms with Crippen molar-refractivity contribution in [1.82, 2.24) is 9.80 Å². The number of benzene rings is 2. The number of hydrogen-bond acceptors (Lipinski definition) is 4. The fraction of sp³-hybridized carbons (Fsp3) is 0.464. The van der Waals surface area contributed by atoms with Crippen molar-refractivity contribution in [2.75, 3.05) is 32.8 Å². The molecular formula is C28H37N3O2. The molecule has 2 aliphatic rings. The van der Waals surface area contributed by atoms with Crippen molar-refractivity contribution in [2.24, 2.45) is 5.73 Å². The molecule has 0 saturated carbocycles. The van der Waals surface area contributed by atoms with Gasteiger partial charge in [-0.1, -0.05) is 36.4 Å². The van der Waals surface area contributed by atoms with Gasteiger partial charge in [-0.2, -0.15) is 0 Å². The van der Waals surface area contributed by atoms with E-state index in [1.54, 1.807) is 0 Å². The molecule has 2 fully saturated rings. The fourth-order valence-corrected chi connectivity index (χ4v) is 5.05. The number of amides is 1. The summed E-state index contributed by atoms with van der Waals surface area (Å²) in [6, 6.07) is 16.2. The Labute approximate surface area is 198 Å². The van der Waals surface area contributed by atoms with Crippen LogP contribution < -0.4 is 10.5 Å². The van der Waals surface area contributed by atoms with Crippen LogP contribution in [0, 0.1) is 0 Å². The first-order valence-electron chi connectivity index (χ1n) is 12.4. The molecule has 2 aliphatic heterocycles. The first-order valence-corrected chi connectivity index (χ1v) is 12.4. The van der Waals surface area contributed by atoms with Crippen LogP contribution in [-0.2, 0) is 6.54 Å². The number of hydrogen-bond donors (Lipinski definition) is 1. The predicted octanol–water partition coefficient (Wildman–Crippen LogP) is 4.93. The molecule has 2 aromatic rings. The van der Waals surface area contributed by atoms with Gasteiger partial charge in [0.25, 0.3) is 5.91 Å². The van der Waals surface area contributed by atoms with E-state index in [1.807, 2.05) is 29.2 Å². The van der Waals surface area contributed by atoms with E-state index in [0.29, 0.717) is 24.6 Å². The Morgan fingerprint density at radius 1 is 1.03 bits per heavy atom. The van der Waals surface area contributed by atoms with Crippen LogP contribution in [0.1, 0.15) is 66.4 Å². The van der Waals surface area contributed by atoms with Crippen molar-refractivity contribution in [3.63, 3.8) is 0 Å². The van der Waals surface area contributed by atoms with Crippen LogP contribution >= 0.6 is 0 Å². The lowest BCUT2D eigenvalue weighted by molar-refractivity contribution is 0.0712. The summed E-state index contributed by atoms with van der Waals surface area (Å²) < 4.78 is 6.02. The van der Waals surface area contributed by atoms with Crippen LogP contribution in [0.15, 0.2) is 60.3 Å². The summed E-state index contributed by atoms with van der Waals surface area (Å²) in [5.74, 6) is 1.36. The summed E-state index contributed by atoms with van der Waals surface area (Å²) in [6.07, 6.45) is 7.62. The monoisotopic (exact) mass is 447 g/mol. The van der Waals surface area contributed by atoms with E-state index < -0.39 is 0 Å². The number of piperidine rings is 1. The maximum atomic E-state index is 13.1. The van der Waals surface area contributed by atoms with Gasteiger partial charge in [-0.15, -0.1) is 0 Å². The molecular weight excluding hydrogens is 410 g/mol. The normalized spacial score (nSPS) is 17.5. The molecule has 2 aromatic carbocycles. The van der Waals surface area contributed by atoms with E-state index >= 15 is 0 Å². The van der Waals surface area contributed by atoms with E-state index in [2.05, 4.69) is 42.2 Å². The minimum Gasteiger partial charge on any atom is -0.493 e. The second-order valence-corrected chi connectivity index (χ2v) is 9.12. The Kier molecular flexibility index (Phi) is 8.05. The molecule has 2 heterocycles. The molecule has 5 nitrogen and oxygen atoms in total. The molecule has 0 spiro atoms. The van der Waals surface area contributed by atoms with Gasteiger partial charge in [0.2, 0.25) is 0 Å². The molecule has 0 aromatic heterocycles. The molecule has 2 N–H and O–H groups in total. The van der Waals surface area contributed by atoms with Gasteiger partial charge in [0.05, 0.1) is 6.61 Å². The Bertz CT molecular complexity index is 957. The lowest BCUT2D eigenvalue weighted by Crippen LogP contribution is -2.37. The predicted molar refractivity (Wildman–Crippen MR) is 133 cm³/mol. The smallest absolute Gasteiger partial charge is 0.253 e. The number of allylic oxidation sites excluding steroid dienone is 1. The zero-order valence-electron chi connectivity index (χ0n) is 19.8. The number of rotatable bonds is 8. The standard InChI is InChI=1S/C28H37N3O2/c1-2-26(30-14-3-4-15-30)13-18-33-27-10-6-9-25(20-27)28(32)31-16-11-23(12-17-31)24-8-5-7-22(19-24)21-29/h2,5-10,19-20,23H,3-4,11-18,21,29H2,1H3/b26-2+. The highest BCUT2D eigenvalue weighted by Crippen LogP contribution is 2.29. The summed E-state index contributed by atoms with van der Waals surface area (Å²) in [4.78, 5) is 17.6. The van der Waals surface area contributed by atoms with Gasteiger partial charge in [-0.05, 0) is 67.9 Å². The topological polar surface area (TPSA) is 58.8 Å². The van der Waals surface area contributed by atoms with Crippen LogP contribution in [0.3, 0.4) is 0 Å². The maximum Gasteiger partial charge on any atom is 0.253 e. The maximum absolute atomic E-state index is 13.1. The first-order chi connectivity index (χ1) is 16.2. The molecule has 0 bridgehead atoms. The fourth-order valence-electron chi connectivity index (χ4n) is 5.05. The molecule has 33 heavy (non-hydrogen) atoms. The van der Waals surface area contributed by atoms with E-state index in [4.69, 9.17) is 10.5 Å². The van der Waals surface area contributed by atoms with Crippen LogP contribution in [0.4, 0.5) is 0 Å². The number of likely N-dealkylation sites (tertiary alicyclic amines) is 2. The van der Waals surface area contributed by atoms with Gasteiger partial charge in [0.15, 0.2) is 0 Å². The zero-order valence-corrected chi connectivity index (χ0v) is 19.8. The van der Waals surface area contributed by atoms with Crippen molar-refractivity contribution in [2.45, 2.75) is 51.5 Å². The average Bonchev–Trinajstić information content (AvgIpc) is 3.41. The van der Waals surface area contributed by atoms with Crippen molar-refractivity contribution in [1.29, 1.82) is 0 Å². The number of nitrogens with zero attached hydrogens (tertiary/aromatic N) is 2. The van der Waals surface area contributed by atoms with Crippen LogP contribution in [0.25, 0.3) is 0 Å². The average molecular weight is 448 g/mol. The van der Waals surface area contributed by atoms with Gasteiger partial charge < -0.3 is 20.3 Å². The zero-order chi connectivity index (χ0) is 23.0. The summed E-state index contributed by atoms with van der Waals surface area (Å²) in [7, 11) is 0. The highest BCUT2D eigenvalue weighted by molar-refractivity contribution is 5.94. The third kappa shape index (κ3) is 5.97. The van der Waals surface area contributed by atoms with Crippen LogP contribution in [-0.4, -0.2) is 48.5 Å². The van der Waals surface area contributed by atoms with Gasteiger partial charge in [-0.25, -0.2) is 0 Å². The summed E-state index contributed by atoms with van der Waals surface area (Å²) >= 11 is 0. The van der Waals surface area contributed by atoms with Crippen LogP contribution in [0.2, 0.25) is 0 Å². The molecule has 1 amide bonds. The highest BCUT2D eigenvalue weighted by Gasteiger charge is 2.25. The van der Waals surface area contributed by atoms with Gasteiger partial charge in [0, 0.05) is 50.4 Å². The van der Waals surface area contributed by atoms with Gasteiger partial charge >= 0.3 is 0 Å². The minimum atomic E-state index is 0.0980. The molecule has 4 rings (SSSR count). The molecule has 0 radical (unpaired) electrons. The van der Waals surface area contributed by atoms with E-state index in [0.717, 1.165) is 51.2 Å². The Morgan fingerprint density at radius 3 is 2.52 bits per heavy atom. The second kappa shape index (κ2) is 11.4. The van der Waals surface area contributed by atoms with Crippen molar-refractivity contribution >= 4 is 5.91 Å². The number of ether oxygens (including phenoxy) is 1. The van der Waals surface area contributed by atoms with E-state index in [9.17, 15) is 4.79 Å². The number of carbonyl (C=O) groups is 1. The van der Waals surface area contributed by atoms with E-state index in [-0.39, 0.29) is 5.91 Å². The Morgan fingerprint density at radius 2 is 1.79 bits per heavy atom. The summed E-state index contributed by atoms with van der Waals surface area (Å²) in [5.41, 5.74) is 10.4.